The normalized spacial score (nSPS) is 22.1. The van der Waals surface area contributed by atoms with Crippen LogP contribution in [-0.2, 0) is 13.8 Å². The molecule has 110 valence electrons. The molecule has 0 heterocycles. The Balaban J connectivity index is 2.12. The number of hydrogen-bond acceptors (Lipinski definition) is 4. The summed E-state index contributed by atoms with van der Waals surface area (Å²) >= 11 is 5.81. The van der Waals surface area contributed by atoms with Crippen LogP contribution < -0.4 is 5.32 Å². The summed E-state index contributed by atoms with van der Waals surface area (Å²) in [6, 6.07) is 3.83. The van der Waals surface area contributed by atoms with Gasteiger partial charge in [0.1, 0.15) is 0 Å². The van der Waals surface area contributed by atoms with Crippen molar-refractivity contribution in [2.24, 2.45) is 0 Å². The standard InChI is InChI=1S/C12H13Cl2NO4S/c1-19-10-5-9(6-10)15-12(16)7-2-8(13)4-11(3-7)20(14,17)18/h2-4,9-10H,5-6H2,1H3,(H,15,16). The number of benzene rings is 1. The number of rotatable bonds is 4. The lowest BCUT2D eigenvalue weighted by atomic mass is 9.89. The zero-order valence-electron chi connectivity index (χ0n) is 10.6. The van der Waals surface area contributed by atoms with E-state index in [2.05, 4.69) is 5.32 Å². The minimum absolute atomic E-state index is 0.0301. The highest BCUT2D eigenvalue weighted by molar-refractivity contribution is 8.13. The zero-order valence-corrected chi connectivity index (χ0v) is 12.9. The van der Waals surface area contributed by atoms with Crippen LogP contribution in [0.25, 0.3) is 0 Å². The number of halogens is 2. The molecule has 1 aliphatic carbocycles. The second-order valence-corrected chi connectivity index (χ2v) is 7.62. The van der Waals surface area contributed by atoms with Gasteiger partial charge < -0.3 is 10.1 Å². The first-order valence-corrected chi connectivity index (χ1v) is 8.57. The third-order valence-electron chi connectivity index (χ3n) is 3.18. The Kier molecular flexibility index (Phi) is 4.59. The summed E-state index contributed by atoms with van der Waals surface area (Å²) in [6.45, 7) is 0. The van der Waals surface area contributed by atoms with Gasteiger partial charge in [-0.25, -0.2) is 8.42 Å². The molecule has 0 bridgehead atoms. The molecule has 1 aromatic rings. The number of hydrogen-bond donors (Lipinski definition) is 1. The molecule has 1 amide bonds. The van der Waals surface area contributed by atoms with Crippen molar-refractivity contribution in [3.8, 4) is 0 Å². The molecule has 1 aliphatic rings. The van der Waals surface area contributed by atoms with E-state index in [1.54, 1.807) is 7.11 Å². The monoisotopic (exact) mass is 337 g/mol. The number of carbonyl (C=O) groups excluding carboxylic acids is 1. The van der Waals surface area contributed by atoms with Crippen molar-refractivity contribution in [2.45, 2.75) is 29.9 Å². The Hall–Kier alpha value is -0.820. The van der Waals surface area contributed by atoms with Crippen molar-refractivity contribution in [2.75, 3.05) is 7.11 Å². The molecule has 1 saturated carbocycles. The summed E-state index contributed by atoms with van der Waals surface area (Å²) in [6.07, 6.45) is 1.64. The van der Waals surface area contributed by atoms with E-state index in [0.717, 1.165) is 12.8 Å². The Morgan fingerprint density at radius 3 is 2.55 bits per heavy atom. The van der Waals surface area contributed by atoms with Gasteiger partial charge in [-0.3, -0.25) is 4.79 Å². The molecule has 8 heteroatoms. The number of amides is 1. The van der Waals surface area contributed by atoms with Gasteiger partial charge in [-0.2, -0.15) is 0 Å². The van der Waals surface area contributed by atoms with Crippen molar-refractivity contribution < 1.29 is 17.9 Å². The molecule has 1 fully saturated rings. The first-order chi connectivity index (χ1) is 9.29. The van der Waals surface area contributed by atoms with Crippen LogP contribution >= 0.6 is 22.3 Å². The summed E-state index contributed by atoms with van der Waals surface area (Å²) in [5, 5.41) is 2.93. The summed E-state index contributed by atoms with van der Waals surface area (Å²) in [7, 11) is 2.95. The number of carbonyl (C=O) groups is 1. The minimum atomic E-state index is -3.93. The zero-order chi connectivity index (χ0) is 14.9. The highest BCUT2D eigenvalue weighted by atomic mass is 35.7. The van der Waals surface area contributed by atoms with Crippen molar-refractivity contribution in [3.63, 3.8) is 0 Å². The van der Waals surface area contributed by atoms with Gasteiger partial charge in [0.15, 0.2) is 0 Å². The lowest BCUT2D eigenvalue weighted by Gasteiger charge is -2.34. The van der Waals surface area contributed by atoms with Crippen LogP contribution in [0.1, 0.15) is 23.2 Å². The number of methoxy groups -OCH3 is 1. The molecule has 2 rings (SSSR count). The number of ether oxygens (including phenoxy) is 1. The van der Waals surface area contributed by atoms with E-state index in [-0.39, 0.29) is 33.5 Å². The molecular weight excluding hydrogens is 325 g/mol. The summed E-state index contributed by atoms with van der Waals surface area (Å²) in [5.74, 6) is -0.381. The third-order valence-corrected chi connectivity index (χ3v) is 4.73. The fourth-order valence-corrected chi connectivity index (χ4v) is 3.08. The third kappa shape index (κ3) is 3.63. The van der Waals surface area contributed by atoms with E-state index in [4.69, 9.17) is 27.0 Å². The maximum absolute atomic E-state index is 12.0. The van der Waals surface area contributed by atoms with Crippen LogP contribution in [0, 0.1) is 0 Å². The van der Waals surface area contributed by atoms with Crippen LogP contribution in [0.15, 0.2) is 23.1 Å². The Labute approximate surface area is 126 Å². The molecule has 5 nitrogen and oxygen atoms in total. The minimum Gasteiger partial charge on any atom is -0.381 e. The molecule has 0 saturated heterocycles. The van der Waals surface area contributed by atoms with Crippen LogP contribution in [0.5, 0.6) is 0 Å². The summed E-state index contributed by atoms with van der Waals surface area (Å²) in [4.78, 5) is 11.8. The predicted octanol–water partition coefficient (Wildman–Crippen LogP) is 2.17. The second-order valence-electron chi connectivity index (χ2n) is 4.61. The van der Waals surface area contributed by atoms with Gasteiger partial charge in [0.2, 0.25) is 0 Å². The summed E-state index contributed by atoms with van der Waals surface area (Å²) < 4.78 is 27.7. The van der Waals surface area contributed by atoms with Crippen LogP contribution in [0.3, 0.4) is 0 Å². The average Bonchev–Trinajstić information content (AvgIpc) is 2.31. The molecule has 1 N–H and O–H groups in total. The molecular formula is C12H13Cl2NO4S. The Bertz CT molecular complexity index is 626. The maximum atomic E-state index is 12.0. The van der Waals surface area contributed by atoms with Crippen molar-refractivity contribution in [3.05, 3.63) is 28.8 Å². The van der Waals surface area contributed by atoms with E-state index in [1.165, 1.54) is 18.2 Å². The van der Waals surface area contributed by atoms with Crippen molar-refractivity contribution in [1.29, 1.82) is 0 Å². The SMILES string of the molecule is COC1CC(NC(=O)c2cc(Cl)cc(S(=O)(=O)Cl)c2)C1. The van der Waals surface area contributed by atoms with Gasteiger partial charge in [0, 0.05) is 34.4 Å². The van der Waals surface area contributed by atoms with Gasteiger partial charge in [-0.05, 0) is 31.0 Å². The van der Waals surface area contributed by atoms with Crippen LogP contribution in [-0.4, -0.2) is 33.6 Å². The molecule has 0 unspecified atom stereocenters. The highest BCUT2D eigenvalue weighted by Crippen LogP contribution is 2.25. The van der Waals surface area contributed by atoms with E-state index in [1.807, 2.05) is 0 Å². The van der Waals surface area contributed by atoms with E-state index >= 15 is 0 Å². The largest absolute Gasteiger partial charge is 0.381 e. The van der Waals surface area contributed by atoms with Gasteiger partial charge in [0.05, 0.1) is 11.0 Å². The van der Waals surface area contributed by atoms with Crippen molar-refractivity contribution in [1.82, 2.24) is 5.32 Å². The fraction of sp³-hybridized carbons (Fsp3) is 0.417. The Morgan fingerprint density at radius 2 is 2.00 bits per heavy atom. The molecule has 0 aliphatic heterocycles. The quantitative estimate of drug-likeness (QED) is 0.854. The topological polar surface area (TPSA) is 72.5 Å². The molecule has 20 heavy (non-hydrogen) atoms. The first-order valence-electron chi connectivity index (χ1n) is 5.88. The summed E-state index contributed by atoms with van der Waals surface area (Å²) in [5.41, 5.74) is 0.164. The van der Waals surface area contributed by atoms with Gasteiger partial charge >= 0.3 is 0 Å². The number of nitrogens with one attached hydrogen (secondary N) is 1. The van der Waals surface area contributed by atoms with E-state index < -0.39 is 9.05 Å². The molecule has 1 aromatic carbocycles. The fourth-order valence-electron chi connectivity index (χ4n) is 1.98. The second kappa shape index (κ2) is 5.89. The van der Waals surface area contributed by atoms with Gasteiger partial charge in [-0.1, -0.05) is 11.6 Å². The first kappa shape index (κ1) is 15.6. The smallest absolute Gasteiger partial charge is 0.261 e. The van der Waals surface area contributed by atoms with E-state index in [0.29, 0.717) is 0 Å². The molecule has 0 radical (unpaired) electrons. The Morgan fingerprint density at radius 1 is 1.35 bits per heavy atom. The lowest BCUT2D eigenvalue weighted by molar-refractivity contribution is 0.0176. The predicted molar refractivity (Wildman–Crippen MR) is 75.8 cm³/mol. The van der Waals surface area contributed by atoms with Crippen LogP contribution in [0.2, 0.25) is 5.02 Å². The molecule has 0 atom stereocenters. The maximum Gasteiger partial charge on any atom is 0.261 e. The molecule has 0 spiro atoms. The average molecular weight is 338 g/mol. The highest BCUT2D eigenvalue weighted by Gasteiger charge is 2.30. The lowest BCUT2D eigenvalue weighted by Crippen LogP contribution is -2.47. The van der Waals surface area contributed by atoms with E-state index in [9.17, 15) is 13.2 Å². The van der Waals surface area contributed by atoms with Gasteiger partial charge in [-0.15, -0.1) is 0 Å². The molecule has 0 aromatic heterocycles. The van der Waals surface area contributed by atoms with Crippen LogP contribution in [0.4, 0.5) is 0 Å². The van der Waals surface area contributed by atoms with Gasteiger partial charge in [0.25, 0.3) is 15.0 Å². The van der Waals surface area contributed by atoms with Crippen molar-refractivity contribution >= 4 is 37.2 Å².